The lowest BCUT2D eigenvalue weighted by Crippen LogP contribution is -2.40. The highest BCUT2D eigenvalue weighted by Crippen LogP contribution is 2.25. The van der Waals surface area contributed by atoms with E-state index in [2.05, 4.69) is 35.5 Å². The minimum Gasteiger partial charge on any atom is -0.373 e. The van der Waals surface area contributed by atoms with Crippen LogP contribution in [0.25, 0.3) is 0 Å². The van der Waals surface area contributed by atoms with Gasteiger partial charge in [0.1, 0.15) is 0 Å². The number of thiophene rings is 1. The second-order valence-corrected chi connectivity index (χ2v) is 7.28. The molecule has 22 heavy (non-hydrogen) atoms. The zero-order valence-corrected chi connectivity index (χ0v) is 17.1. The molecular weight excluding hydrogens is 433 g/mol. The SMILES string of the molecule is CCNC(=NCC1(C)CCCO1)NCCc1ccc(Cl)s1.I. The number of aliphatic imine (C=N–C) groups is 1. The van der Waals surface area contributed by atoms with Gasteiger partial charge in [-0.25, -0.2) is 0 Å². The van der Waals surface area contributed by atoms with Crippen LogP contribution in [0.15, 0.2) is 17.1 Å². The average Bonchev–Trinajstić information content (AvgIpc) is 3.06. The van der Waals surface area contributed by atoms with Crippen molar-refractivity contribution in [2.75, 3.05) is 26.2 Å². The zero-order valence-electron chi connectivity index (χ0n) is 13.2. The van der Waals surface area contributed by atoms with Crippen molar-refractivity contribution in [3.63, 3.8) is 0 Å². The smallest absolute Gasteiger partial charge is 0.191 e. The molecule has 2 rings (SSSR count). The van der Waals surface area contributed by atoms with Crippen molar-refractivity contribution in [1.29, 1.82) is 0 Å². The van der Waals surface area contributed by atoms with E-state index in [1.807, 2.05) is 6.07 Å². The molecule has 1 aliphatic heterocycles. The highest BCUT2D eigenvalue weighted by Gasteiger charge is 2.29. The van der Waals surface area contributed by atoms with Crippen LogP contribution in [-0.4, -0.2) is 37.8 Å². The number of ether oxygens (including phenoxy) is 1. The second kappa shape index (κ2) is 9.95. The van der Waals surface area contributed by atoms with E-state index in [0.29, 0.717) is 6.54 Å². The molecule has 1 atom stereocenters. The van der Waals surface area contributed by atoms with Gasteiger partial charge in [-0.15, -0.1) is 35.3 Å². The van der Waals surface area contributed by atoms with Crippen LogP contribution in [-0.2, 0) is 11.2 Å². The minimum atomic E-state index is -0.0936. The van der Waals surface area contributed by atoms with E-state index >= 15 is 0 Å². The van der Waals surface area contributed by atoms with Crippen molar-refractivity contribution in [1.82, 2.24) is 10.6 Å². The predicted octanol–water partition coefficient (Wildman–Crippen LogP) is 3.69. The molecule has 126 valence electrons. The quantitative estimate of drug-likeness (QED) is 0.389. The summed E-state index contributed by atoms with van der Waals surface area (Å²) in [6, 6.07) is 4.02. The van der Waals surface area contributed by atoms with Crippen molar-refractivity contribution in [3.05, 3.63) is 21.3 Å². The summed E-state index contributed by atoms with van der Waals surface area (Å²) in [6.07, 6.45) is 3.17. The van der Waals surface area contributed by atoms with Gasteiger partial charge in [0.2, 0.25) is 0 Å². The van der Waals surface area contributed by atoms with Gasteiger partial charge in [0, 0.05) is 24.6 Å². The standard InChI is InChI=1S/C15H24ClN3OS.HI/c1-3-17-14(19-11-15(2)8-4-10-20-15)18-9-7-12-5-6-13(16)21-12;/h5-6H,3-4,7-11H2,1-2H3,(H2,17,18,19);1H. The largest absolute Gasteiger partial charge is 0.373 e. The van der Waals surface area contributed by atoms with Gasteiger partial charge >= 0.3 is 0 Å². The Morgan fingerprint density at radius 2 is 2.27 bits per heavy atom. The Hall–Kier alpha value is -0.0500. The Labute approximate surface area is 159 Å². The van der Waals surface area contributed by atoms with Crippen molar-refractivity contribution in [2.24, 2.45) is 4.99 Å². The van der Waals surface area contributed by atoms with E-state index in [-0.39, 0.29) is 29.6 Å². The molecule has 1 aromatic heterocycles. The molecule has 4 nitrogen and oxygen atoms in total. The molecule has 1 fully saturated rings. The van der Waals surface area contributed by atoms with Crippen LogP contribution in [0.4, 0.5) is 0 Å². The third-order valence-corrected chi connectivity index (χ3v) is 4.80. The summed E-state index contributed by atoms with van der Waals surface area (Å²) >= 11 is 7.57. The molecule has 2 N–H and O–H groups in total. The van der Waals surface area contributed by atoms with Crippen LogP contribution < -0.4 is 10.6 Å². The molecule has 0 aromatic carbocycles. The van der Waals surface area contributed by atoms with E-state index in [1.165, 1.54) is 4.88 Å². The van der Waals surface area contributed by atoms with Crippen molar-refractivity contribution in [3.8, 4) is 0 Å². The lowest BCUT2D eigenvalue weighted by Gasteiger charge is -2.21. The van der Waals surface area contributed by atoms with E-state index < -0.39 is 0 Å². The molecule has 0 bridgehead atoms. The van der Waals surface area contributed by atoms with Crippen molar-refractivity contribution in [2.45, 2.75) is 38.7 Å². The molecular formula is C15H25ClIN3OS. The molecule has 1 unspecified atom stereocenters. The summed E-state index contributed by atoms with van der Waals surface area (Å²) in [5.74, 6) is 0.858. The summed E-state index contributed by atoms with van der Waals surface area (Å²) < 4.78 is 6.61. The van der Waals surface area contributed by atoms with Gasteiger partial charge in [0.05, 0.1) is 16.5 Å². The summed E-state index contributed by atoms with van der Waals surface area (Å²) in [5.41, 5.74) is -0.0936. The monoisotopic (exact) mass is 457 g/mol. The highest BCUT2D eigenvalue weighted by atomic mass is 127. The fourth-order valence-electron chi connectivity index (χ4n) is 2.34. The van der Waals surface area contributed by atoms with Gasteiger partial charge in [-0.05, 0) is 45.2 Å². The highest BCUT2D eigenvalue weighted by molar-refractivity contribution is 14.0. The van der Waals surface area contributed by atoms with Gasteiger partial charge < -0.3 is 15.4 Å². The number of halogens is 2. The first-order valence-corrected chi connectivity index (χ1v) is 8.71. The third-order valence-electron chi connectivity index (χ3n) is 3.51. The predicted molar refractivity (Wildman–Crippen MR) is 106 cm³/mol. The second-order valence-electron chi connectivity index (χ2n) is 5.48. The lowest BCUT2D eigenvalue weighted by atomic mass is 10.0. The van der Waals surface area contributed by atoms with Crippen LogP contribution in [0, 0.1) is 0 Å². The lowest BCUT2D eigenvalue weighted by molar-refractivity contribution is 0.0283. The minimum absolute atomic E-state index is 0. The number of hydrogen-bond acceptors (Lipinski definition) is 3. The number of rotatable bonds is 6. The summed E-state index contributed by atoms with van der Waals surface area (Å²) in [6.45, 7) is 7.47. The molecule has 7 heteroatoms. The third kappa shape index (κ3) is 6.60. The molecule has 0 radical (unpaired) electrons. The number of nitrogens with one attached hydrogen (secondary N) is 2. The summed E-state index contributed by atoms with van der Waals surface area (Å²) in [5, 5.41) is 6.64. The van der Waals surface area contributed by atoms with Crippen LogP contribution in [0.5, 0.6) is 0 Å². The van der Waals surface area contributed by atoms with Crippen molar-refractivity contribution >= 4 is 52.9 Å². The first kappa shape index (κ1) is 20.0. The van der Waals surface area contributed by atoms with Crippen molar-refractivity contribution < 1.29 is 4.74 Å². The maximum atomic E-state index is 5.94. The molecule has 1 aliphatic rings. The fourth-order valence-corrected chi connectivity index (χ4v) is 3.43. The molecule has 1 saturated heterocycles. The first-order valence-electron chi connectivity index (χ1n) is 7.52. The molecule has 0 spiro atoms. The van der Waals surface area contributed by atoms with Crippen LogP contribution >= 0.6 is 46.9 Å². The molecule has 0 amide bonds. The van der Waals surface area contributed by atoms with Gasteiger partial charge in [-0.2, -0.15) is 0 Å². The number of nitrogens with zero attached hydrogens (tertiary/aromatic N) is 1. The zero-order chi connectivity index (χ0) is 15.1. The average molecular weight is 458 g/mol. The molecule has 0 aliphatic carbocycles. The maximum Gasteiger partial charge on any atom is 0.191 e. The number of guanidine groups is 1. The van der Waals surface area contributed by atoms with Gasteiger partial charge in [-0.3, -0.25) is 4.99 Å². The normalized spacial score (nSPS) is 21.5. The molecule has 1 aromatic rings. The topological polar surface area (TPSA) is 45.7 Å². The van der Waals surface area contributed by atoms with Crippen LogP contribution in [0.3, 0.4) is 0 Å². The Bertz CT molecular complexity index is 475. The Kier molecular flexibility index (Phi) is 9.04. The maximum absolute atomic E-state index is 5.94. The van der Waals surface area contributed by atoms with E-state index in [4.69, 9.17) is 16.3 Å². The number of hydrogen-bond donors (Lipinski definition) is 2. The Morgan fingerprint density at radius 3 is 2.86 bits per heavy atom. The van der Waals surface area contributed by atoms with Crippen LogP contribution in [0.1, 0.15) is 31.6 Å². The summed E-state index contributed by atoms with van der Waals surface area (Å²) in [7, 11) is 0. The van der Waals surface area contributed by atoms with E-state index in [0.717, 1.165) is 49.3 Å². The van der Waals surface area contributed by atoms with Gasteiger partial charge in [-0.1, -0.05) is 11.6 Å². The van der Waals surface area contributed by atoms with Gasteiger partial charge in [0.15, 0.2) is 5.96 Å². The Balaban J connectivity index is 0.00000242. The molecule has 2 heterocycles. The Morgan fingerprint density at radius 1 is 1.45 bits per heavy atom. The van der Waals surface area contributed by atoms with Gasteiger partial charge in [0.25, 0.3) is 0 Å². The first-order chi connectivity index (χ1) is 10.1. The molecule has 0 saturated carbocycles. The fraction of sp³-hybridized carbons (Fsp3) is 0.667. The van der Waals surface area contributed by atoms with E-state index in [1.54, 1.807) is 11.3 Å². The van der Waals surface area contributed by atoms with Crippen LogP contribution in [0.2, 0.25) is 4.34 Å². The van der Waals surface area contributed by atoms with E-state index in [9.17, 15) is 0 Å². The summed E-state index contributed by atoms with van der Waals surface area (Å²) in [4.78, 5) is 5.94.